The predicted octanol–water partition coefficient (Wildman–Crippen LogP) is 2.25. The van der Waals surface area contributed by atoms with Crippen molar-refractivity contribution in [2.75, 3.05) is 53.0 Å². The SMILES string of the molecule is COc1ccc(C(=O)N2C[C@@H]3COCCN3C3(CN(Cc4ccccc4F)C3)C2)cc1. The third kappa shape index (κ3) is 3.82. The normalized spacial score (nSPS) is 23.3. The lowest BCUT2D eigenvalue weighted by Crippen LogP contribution is -2.80. The van der Waals surface area contributed by atoms with Crippen LogP contribution in [0.2, 0.25) is 0 Å². The van der Waals surface area contributed by atoms with Gasteiger partial charge in [-0.05, 0) is 30.3 Å². The fourth-order valence-corrected chi connectivity index (χ4v) is 5.31. The van der Waals surface area contributed by atoms with E-state index in [1.165, 1.54) is 6.07 Å². The molecule has 3 heterocycles. The minimum absolute atomic E-state index is 0.0415. The highest BCUT2D eigenvalue weighted by Gasteiger charge is 2.54. The molecule has 0 aliphatic carbocycles. The second-order valence-corrected chi connectivity index (χ2v) is 8.80. The molecule has 2 aromatic carbocycles. The van der Waals surface area contributed by atoms with Gasteiger partial charge >= 0.3 is 0 Å². The number of methoxy groups -OCH3 is 1. The Morgan fingerprint density at radius 3 is 2.68 bits per heavy atom. The number of nitrogens with zero attached hydrogens (tertiary/aromatic N) is 3. The van der Waals surface area contributed by atoms with Crippen LogP contribution in [0.3, 0.4) is 0 Å². The number of piperazine rings is 1. The average Bonchev–Trinajstić information content (AvgIpc) is 2.79. The monoisotopic (exact) mass is 425 g/mol. The van der Waals surface area contributed by atoms with Crippen LogP contribution in [-0.2, 0) is 11.3 Å². The molecule has 3 saturated heterocycles. The lowest BCUT2D eigenvalue weighted by atomic mass is 9.82. The number of hydrogen-bond acceptors (Lipinski definition) is 5. The summed E-state index contributed by atoms with van der Waals surface area (Å²) in [5, 5.41) is 0. The summed E-state index contributed by atoms with van der Waals surface area (Å²) in [6, 6.07) is 14.4. The molecule has 31 heavy (non-hydrogen) atoms. The lowest BCUT2D eigenvalue weighted by molar-refractivity contribution is -0.160. The Kier molecular flexibility index (Phi) is 5.42. The third-order valence-corrected chi connectivity index (χ3v) is 6.76. The van der Waals surface area contributed by atoms with Gasteiger partial charge in [0.25, 0.3) is 5.91 Å². The molecule has 0 unspecified atom stereocenters. The highest BCUT2D eigenvalue weighted by molar-refractivity contribution is 5.94. The van der Waals surface area contributed by atoms with Crippen LogP contribution in [0.15, 0.2) is 48.5 Å². The van der Waals surface area contributed by atoms with Crippen molar-refractivity contribution in [3.8, 4) is 5.75 Å². The van der Waals surface area contributed by atoms with Crippen LogP contribution in [0.1, 0.15) is 15.9 Å². The number of amides is 1. The van der Waals surface area contributed by atoms with E-state index in [-0.39, 0.29) is 23.3 Å². The van der Waals surface area contributed by atoms with Crippen molar-refractivity contribution in [3.05, 3.63) is 65.5 Å². The molecule has 6 nitrogen and oxygen atoms in total. The zero-order chi connectivity index (χ0) is 21.4. The average molecular weight is 426 g/mol. The Bertz CT molecular complexity index is 945. The number of likely N-dealkylation sites (tertiary alicyclic amines) is 1. The van der Waals surface area contributed by atoms with E-state index in [0.29, 0.717) is 31.8 Å². The number of rotatable bonds is 4. The van der Waals surface area contributed by atoms with Gasteiger partial charge in [-0.3, -0.25) is 14.6 Å². The van der Waals surface area contributed by atoms with Gasteiger partial charge in [-0.1, -0.05) is 18.2 Å². The molecule has 7 heteroatoms. The molecule has 0 N–H and O–H groups in total. The molecule has 0 saturated carbocycles. The van der Waals surface area contributed by atoms with Gasteiger partial charge in [0.15, 0.2) is 0 Å². The summed E-state index contributed by atoms with van der Waals surface area (Å²) in [6.07, 6.45) is 0. The number of halogens is 1. The number of benzene rings is 2. The Morgan fingerprint density at radius 1 is 1.16 bits per heavy atom. The minimum Gasteiger partial charge on any atom is -0.497 e. The number of hydrogen-bond donors (Lipinski definition) is 0. The van der Waals surface area contributed by atoms with Crippen LogP contribution in [0.4, 0.5) is 4.39 Å². The smallest absolute Gasteiger partial charge is 0.253 e. The molecule has 1 atom stereocenters. The van der Waals surface area contributed by atoms with Gasteiger partial charge in [0.1, 0.15) is 11.6 Å². The molecule has 0 bridgehead atoms. The zero-order valence-corrected chi connectivity index (χ0v) is 17.8. The van der Waals surface area contributed by atoms with E-state index in [0.717, 1.165) is 37.6 Å². The van der Waals surface area contributed by atoms with Crippen molar-refractivity contribution < 1.29 is 18.7 Å². The van der Waals surface area contributed by atoms with Crippen LogP contribution in [0.25, 0.3) is 0 Å². The fourth-order valence-electron chi connectivity index (χ4n) is 5.31. The second-order valence-electron chi connectivity index (χ2n) is 8.80. The summed E-state index contributed by atoms with van der Waals surface area (Å²) in [7, 11) is 1.62. The van der Waals surface area contributed by atoms with Crippen molar-refractivity contribution in [2.45, 2.75) is 18.1 Å². The number of carbonyl (C=O) groups excluding carboxylic acids is 1. The summed E-state index contributed by atoms with van der Waals surface area (Å²) in [6.45, 7) is 5.83. The first-order valence-electron chi connectivity index (χ1n) is 10.8. The highest BCUT2D eigenvalue weighted by atomic mass is 19.1. The Labute approximate surface area is 182 Å². The Balaban J connectivity index is 1.33. The second kappa shape index (κ2) is 8.22. The van der Waals surface area contributed by atoms with Crippen LogP contribution >= 0.6 is 0 Å². The van der Waals surface area contributed by atoms with Gasteiger partial charge in [-0.15, -0.1) is 0 Å². The minimum atomic E-state index is -0.160. The molecule has 164 valence electrons. The Morgan fingerprint density at radius 2 is 1.94 bits per heavy atom. The van der Waals surface area contributed by atoms with Crippen LogP contribution in [-0.4, -0.2) is 85.2 Å². The number of carbonyl (C=O) groups is 1. The van der Waals surface area contributed by atoms with Gasteiger partial charge in [-0.25, -0.2) is 4.39 Å². The quantitative estimate of drug-likeness (QED) is 0.752. The van der Waals surface area contributed by atoms with Crippen LogP contribution in [0, 0.1) is 5.82 Å². The summed E-state index contributed by atoms with van der Waals surface area (Å²) in [5.74, 6) is 0.619. The van der Waals surface area contributed by atoms with E-state index in [4.69, 9.17) is 9.47 Å². The fraction of sp³-hybridized carbons (Fsp3) is 0.458. The Hall–Kier alpha value is -2.48. The summed E-state index contributed by atoms with van der Waals surface area (Å²) >= 11 is 0. The first kappa shape index (κ1) is 20.4. The summed E-state index contributed by atoms with van der Waals surface area (Å²) in [5.41, 5.74) is 1.29. The number of ether oxygens (including phenoxy) is 2. The molecule has 1 spiro atoms. The maximum absolute atomic E-state index is 14.1. The van der Waals surface area contributed by atoms with E-state index < -0.39 is 0 Å². The molecule has 2 aromatic rings. The van der Waals surface area contributed by atoms with Crippen molar-refractivity contribution in [1.29, 1.82) is 0 Å². The van der Waals surface area contributed by atoms with Gasteiger partial charge in [0, 0.05) is 50.4 Å². The zero-order valence-electron chi connectivity index (χ0n) is 17.8. The number of morpholine rings is 1. The van der Waals surface area contributed by atoms with E-state index in [1.54, 1.807) is 13.2 Å². The van der Waals surface area contributed by atoms with E-state index >= 15 is 0 Å². The van der Waals surface area contributed by atoms with Gasteiger partial charge in [0.05, 0.1) is 31.9 Å². The topological polar surface area (TPSA) is 45.2 Å². The summed E-state index contributed by atoms with van der Waals surface area (Å²) < 4.78 is 25.1. The van der Waals surface area contributed by atoms with Gasteiger partial charge < -0.3 is 14.4 Å². The summed E-state index contributed by atoms with van der Waals surface area (Å²) in [4.78, 5) is 20.1. The first-order valence-corrected chi connectivity index (χ1v) is 10.8. The third-order valence-electron chi connectivity index (χ3n) is 6.76. The molecule has 3 aliphatic rings. The predicted molar refractivity (Wildman–Crippen MR) is 115 cm³/mol. The maximum Gasteiger partial charge on any atom is 0.253 e. The lowest BCUT2D eigenvalue weighted by Gasteiger charge is -2.63. The standard InChI is InChI=1S/C24H28FN3O3/c1-30-21-8-6-18(7-9-21)23(29)27-13-20-14-31-11-10-28(20)24(17-27)15-26(16-24)12-19-4-2-3-5-22(19)25/h2-9,20H,10-17H2,1H3/t20-/m1/s1. The highest BCUT2D eigenvalue weighted by Crippen LogP contribution is 2.37. The van der Waals surface area contributed by atoms with E-state index in [2.05, 4.69) is 9.80 Å². The van der Waals surface area contributed by atoms with Crippen LogP contribution in [0.5, 0.6) is 5.75 Å². The molecule has 3 fully saturated rings. The largest absolute Gasteiger partial charge is 0.497 e. The van der Waals surface area contributed by atoms with Gasteiger partial charge in [-0.2, -0.15) is 0 Å². The number of fused-ring (bicyclic) bond motifs is 2. The van der Waals surface area contributed by atoms with E-state index in [9.17, 15) is 9.18 Å². The van der Waals surface area contributed by atoms with E-state index in [1.807, 2.05) is 41.3 Å². The molecule has 0 aromatic heterocycles. The van der Waals surface area contributed by atoms with Crippen molar-refractivity contribution in [2.24, 2.45) is 0 Å². The molecule has 0 radical (unpaired) electrons. The van der Waals surface area contributed by atoms with Crippen molar-refractivity contribution >= 4 is 5.91 Å². The molecular weight excluding hydrogens is 397 g/mol. The maximum atomic E-state index is 14.1. The molecular formula is C24H28FN3O3. The van der Waals surface area contributed by atoms with Gasteiger partial charge in [0.2, 0.25) is 0 Å². The molecule has 5 rings (SSSR count). The molecule has 3 aliphatic heterocycles. The first-order chi connectivity index (χ1) is 15.1. The van der Waals surface area contributed by atoms with Crippen molar-refractivity contribution in [1.82, 2.24) is 14.7 Å². The van der Waals surface area contributed by atoms with Crippen molar-refractivity contribution in [3.63, 3.8) is 0 Å². The molecule has 1 amide bonds. The van der Waals surface area contributed by atoms with Crippen LogP contribution < -0.4 is 4.74 Å².